The third-order valence-electron chi connectivity index (χ3n) is 4.43. The molecule has 2 heterocycles. The average molecular weight is 518 g/mol. The van der Waals surface area contributed by atoms with Gasteiger partial charge < -0.3 is 19.7 Å². The molecule has 0 spiro atoms. The van der Waals surface area contributed by atoms with Crippen LogP contribution in [0.3, 0.4) is 0 Å². The molecule has 0 unspecified atom stereocenters. The van der Waals surface area contributed by atoms with Crippen LogP contribution in [0, 0.1) is 0 Å². The molecule has 0 amide bonds. The van der Waals surface area contributed by atoms with Crippen molar-refractivity contribution in [3.8, 4) is 23.0 Å². The molecule has 0 atom stereocenters. The van der Waals surface area contributed by atoms with Crippen LogP contribution in [0.2, 0.25) is 0 Å². The second kappa shape index (κ2) is 14.1. The van der Waals surface area contributed by atoms with Gasteiger partial charge in [-0.3, -0.25) is 0 Å². The third kappa shape index (κ3) is 7.96. The standard InChI is InChI=1S/2C13H12N2O2.Cu/c2*1-17-11-6-4-5-10(13(11)16)9-15-12-7-2-3-8-14-12;/h2*2-9,16H,1H3;/q;;+2/p-2/b2*15-9+;. The maximum absolute atomic E-state index is 11.8. The van der Waals surface area contributed by atoms with E-state index in [0.29, 0.717) is 34.3 Å². The second-order valence-electron chi connectivity index (χ2n) is 6.65. The van der Waals surface area contributed by atoms with E-state index in [1.165, 1.54) is 26.6 Å². The Kier molecular flexibility index (Phi) is 10.9. The Morgan fingerprint density at radius 1 is 0.629 bits per heavy atom. The Hall–Kier alpha value is -4.20. The summed E-state index contributed by atoms with van der Waals surface area (Å²) in [5.74, 6) is 1.42. The van der Waals surface area contributed by atoms with Crippen molar-refractivity contribution in [1.82, 2.24) is 9.97 Å². The molecule has 8 nitrogen and oxygen atoms in total. The zero-order chi connectivity index (χ0) is 24.2. The summed E-state index contributed by atoms with van der Waals surface area (Å²) in [5.41, 5.74) is 0.963. The summed E-state index contributed by atoms with van der Waals surface area (Å²) in [6.45, 7) is 0. The number of aliphatic imine (C=N–C) groups is 2. The van der Waals surface area contributed by atoms with E-state index in [4.69, 9.17) is 9.47 Å². The zero-order valence-corrected chi connectivity index (χ0v) is 19.9. The van der Waals surface area contributed by atoms with Gasteiger partial charge in [0.25, 0.3) is 0 Å². The number of hydrogen-bond donors (Lipinski definition) is 0. The van der Waals surface area contributed by atoms with Gasteiger partial charge >= 0.3 is 17.1 Å². The van der Waals surface area contributed by atoms with Crippen LogP contribution in [0.15, 0.2) is 95.2 Å². The minimum Gasteiger partial charge on any atom is -0.870 e. The van der Waals surface area contributed by atoms with Gasteiger partial charge in [-0.25, -0.2) is 20.0 Å². The number of aromatic nitrogens is 2. The van der Waals surface area contributed by atoms with Crippen LogP contribution in [-0.4, -0.2) is 36.6 Å². The van der Waals surface area contributed by atoms with Crippen LogP contribution in [-0.2, 0) is 17.1 Å². The van der Waals surface area contributed by atoms with E-state index in [-0.39, 0.29) is 28.6 Å². The molecule has 2 aromatic heterocycles. The fourth-order valence-electron chi connectivity index (χ4n) is 2.72. The monoisotopic (exact) mass is 517 g/mol. The molecule has 35 heavy (non-hydrogen) atoms. The smallest absolute Gasteiger partial charge is 0.870 e. The van der Waals surface area contributed by atoms with Crippen molar-refractivity contribution in [2.24, 2.45) is 9.98 Å². The normalized spacial score (nSPS) is 10.3. The van der Waals surface area contributed by atoms with Gasteiger partial charge in [-0.15, -0.1) is 0 Å². The molecule has 0 saturated heterocycles. The van der Waals surface area contributed by atoms with Crippen LogP contribution in [0.5, 0.6) is 23.0 Å². The summed E-state index contributed by atoms with van der Waals surface area (Å²) >= 11 is 0. The minimum atomic E-state index is -0.172. The maximum atomic E-state index is 11.8. The summed E-state index contributed by atoms with van der Waals surface area (Å²) in [6.07, 6.45) is 6.28. The Morgan fingerprint density at radius 3 is 1.40 bits per heavy atom. The van der Waals surface area contributed by atoms with E-state index in [0.717, 1.165) is 0 Å². The summed E-state index contributed by atoms with van der Waals surface area (Å²) in [6, 6.07) is 21.0. The number of pyridine rings is 2. The number of para-hydroxylation sites is 2. The average Bonchev–Trinajstić information content (AvgIpc) is 2.89. The molecular formula is C26H22CuN4O4. The van der Waals surface area contributed by atoms with Crippen molar-refractivity contribution < 1.29 is 36.8 Å². The van der Waals surface area contributed by atoms with Gasteiger partial charge in [0, 0.05) is 24.8 Å². The molecule has 0 N–H and O–H groups in total. The predicted octanol–water partition coefficient (Wildman–Crippen LogP) is 3.83. The van der Waals surface area contributed by atoms with E-state index in [9.17, 15) is 10.2 Å². The fraction of sp³-hybridized carbons (Fsp3) is 0.0769. The fourth-order valence-corrected chi connectivity index (χ4v) is 2.72. The second-order valence-corrected chi connectivity index (χ2v) is 6.65. The van der Waals surface area contributed by atoms with Gasteiger partial charge in [-0.2, -0.15) is 0 Å². The first-order valence-electron chi connectivity index (χ1n) is 10.2. The molecule has 1 radical (unpaired) electrons. The van der Waals surface area contributed by atoms with Crippen LogP contribution in [0.1, 0.15) is 11.1 Å². The van der Waals surface area contributed by atoms with Gasteiger partial charge in [0.05, 0.1) is 14.2 Å². The first-order chi connectivity index (χ1) is 16.6. The summed E-state index contributed by atoms with van der Waals surface area (Å²) in [5, 5.41) is 23.6. The van der Waals surface area contributed by atoms with E-state index >= 15 is 0 Å². The van der Waals surface area contributed by atoms with Crippen molar-refractivity contribution >= 4 is 24.1 Å². The molecule has 0 aliphatic heterocycles. The SMILES string of the molecule is COc1cccc(/C=N/c2ccccn2)c1[O-].COc1cccc(/C=N/c2ccccn2)c1[O-].[Cu+2]. The topological polar surface area (TPSA) is 115 Å². The molecule has 181 valence electrons. The van der Waals surface area contributed by atoms with Crippen molar-refractivity contribution in [2.45, 2.75) is 0 Å². The van der Waals surface area contributed by atoms with Crippen LogP contribution in [0.4, 0.5) is 11.6 Å². The first kappa shape index (κ1) is 27.0. The van der Waals surface area contributed by atoms with E-state index in [1.807, 2.05) is 24.3 Å². The summed E-state index contributed by atoms with van der Waals surface area (Å²) < 4.78 is 9.90. The number of methoxy groups -OCH3 is 2. The van der Waals surface area contributed by atoms with Gasteiger partial charge in [-0.1, -0.05) is 47.9 Å². The van der Waals surface area contributed by atoms with Gasteiger partial charge in [-0.05, 0) is 47.5 Å². The van der Waals surface area contributed by atoms with Crippen molar-refractivity contribution in [2.75, 3.05) is 14.2 Å². The predicted molar refractivity (Wildman–Crippen MR) is 128 cm³/mol. The molecule has 0 bridgehead atoms. The summed E-state index contributed by atoms with van der Waals surface area (Å²) in [4.78, 5) is 16.3. The van der Waals surface area contributed by atoms with E-state index in [2.05, 4.69) is 20.0 Å². The van der Waals surface area contributed by atoms with Crippen LogP contribution < -0.4 is 19.7 Å². The van der Waals surface area contributed by atoms with Gasteiger partial charge in [0.15, 0.2) is 11.6 Å². The Labute approximate surface area is 214 Å². The van der Waals surface area contributed by atoms with Crippen molar-refractivity contribution in [3.05, 3.63) is 96.3 Å². The van der Waals surface area contributed by atoms with Crippen LogP contribution >= 0.6 is 0 Å². The van der Waals surface area contributed by atoms with E-state index in [1.54, 1.807) is 60.9 Å². The third-order valence-corrected chi connectivity index (χ3v) is 4.43. The number of nitrogens with zero attached hydrogens (tertiary/aromatic N) is 4. The molecule has 2 aromatic carbocycles. The molecular weight excluding hydrogens is 496 g/mol. The molecule has 4 aromatic rings. The quantitative estimate of drug-likeness (QED) is 0.283. The Morgan fingerprint density at radius 2 is 1.06 bits per heavy atom. The minimum absolute atomic E-state index is 0. The number of hydrogen-bond acceptors (Lipinski definition) is 8. The Bertz CT molecular complexity index is 1150. The number of benzene rings is 2. The molecule has 0 aliphatic rings. The molecule has 0 fully saturated rings. The van der Waals surface area contributed by atoms with E-state index < -0.39 is 0 Å². The van der Waals surface area contributed by atoms with Gasteiger partial charge in [0.1, 0.15) is 11.5 Å². The van der Waals surface area contributed by atoms with Crippen LogP contribution in [0.25, 0.3) is 0 Å². The van der Waals surface area contributed by atoms with Crippen molar-refractivity contribution in [1.29, 1.82) is 0 Å². The molecule has 9 heteroatoms. The van der Waals surface area contributed by atoms with Crippen molar-refractivity contribution in [3.63, 3.8) is 0 Å². The summed E-state index contributed by atoms with van der Waals surface area (Å²) in [7, 11) is 2.94. The number of rotatable bonds is 6. The molecule has 4 rings (SSSR count). The van der Waals surface area contributed by atoms with Gasteiger partial charge in [0.2, 0.25) is 0 Å². The largest absolute Gasteiger partial charge is 2.00 e. The zero-order valence-electron chi connectivity index (χ0n) is 19.0. The number of ether oxygens (including phenoxy) is 2. The molecule has 0 aliphatic carbocycles. The first-order valence-corrected chi connectivity index (χ1v) is 10.2. The Balaban J connectivity index is 0.000000240. The maximum Gasteiger partial charge on any atom is 2.00 e. The molecule has 0 saturated carbocycles.